The third-order valence-corrected chi connectivity index (χ3v) is 3.85. The van der Waals surface area contributed by atoms with Gasteiger partial charge < -0.3 is 4.42 Å². The molecule has 0 aliphatic carbocycles. The second-order valence-electron chi connectivity index (χ2n) is 4.80. The third kappa shape index (κ3) is 2.56. The molecule has 1 atom stereocenters. The van der Waals surface area contributed by atoms with Gasteiger partial charge in [-0.25, -0.2) is 4.98 Å². The SMILES string of the molecule is CCc1ccccc1C(Cl)Cc1nc2ccccc2o1. The van der Waals surface area contributed by atoms with Crippen molar-refractivity contribution in [2.24, 2.45) is 0 Å². The number of aryl methyl sites for hydroxylation is 1. The van der Waals surface area contributed by atoms with Crippen LogP contribution in [-0.2, 0) is 12.8 Å². The number of aromatic nitrogens is 1. The number of alkyl halides is 1. The van der Waals surface area contributed by atoms with Gasteiger partial charge >= 0.3 is 0 Å². The van der Waals surface area contributed by atoms with E-state index < -0.39 is 0 Å². The molecule has 2 aromatic carbocycles. The average molecular weight is 286 g/mol. The molecule has 2 nitrogen and oxygen atoms in total. The van der Waals surface area contributed by atoms with Crippen molar-refractivity contribution < 1.29 is 4.42 Å². The number of fused-ring (bicyclic) bond motifs is 1. The van der Waals surface area contributed by atoms with Crippen molar-refractivity contribution in [3.63, 3.8) is 0 Å². The minimum Gasteiger partial charge on any atom is -0.441 e. The van der Waals surface area contributed by atoms with Crippen LogP contribution in [0.15, 0.2) is 52.9 Å². The highest BCUT2D eigenvalue weighted by molar-refractivity contribution is 6.21. The molecule has 0 aliphatic heterocycles. The number of benzene rings is 2. The molecule has 0 saturated heterocycles. The molecule has 0 radical (unpaired) electrons. The Kier molecular flexibility index (Phi) is 3.75. The lowest BCUT2D eigenvalue weighted by Crippen LogP contribution is -2.00. The van der Waals surface area contributed by atoms with Gasteiger partial charge in [-0.05, 0) is 29.7 Å². The zero-order chi connectivity index (χ0) is 13.9. The Bertz CT molecular complexity index is 687. The Hall–Kier alpha value is -1.80. The first kappa shape index (κ1) is 13.2. The Balaban J connectivity index is 1.86. The molecule has 1 unspecified atom stereocenters. The Morgan fingerprint density at radius 1 is 1.10 bits per heavy atom. The number of nitrogens with zero attached hydrogens (tertiary/aromatic N) is 1. The van der Waals surface area contributed by atoms with Crippen molar-refractivity contribution in [1.29, 1.82) is 0 Å². The summed E-state index contributed by atoms with van der Waals surface area (Å²) in [6.07, 6.45) is 1.58. The maximum Gasteiger partial charge on any atom is 0.197 e. The number of para-hydroxylation sites is 2. The van der Waals surface area contributed by atoms with Crippen LogP contribution in [0.2, 0.25) is 0 Å². The number of hydrogen-bond acceptors (Lipinski definition) is 2. The molecule has 0 saturated carbocycles. The predicted molar refractivity (Wildman–Crippen MR) is 82.1 cm³/mol. The van der Waals surface area contributed by atoms with Crippen LogP contribution in [0, 0.1) is 0 Å². The highest BCUT2D eigenvalue weighted by Crippen LogP contribution is 2.29. The largest absolute Gasteiger partial charge is 0.441 e. The molecular weight excluding hydrogens is 270 g/mol. The van der Waals surface area contributed by atoms with Gasteiger partial charge in [0.15, 0.2) is 11.5 Å². The molecule has 0 amide bonds. The fraction of sp³-hybridized carbons (Fsp3) is 0.235. The highest BCUT2D eigenvalue weighted by Gasteiger charge is 2.15. The lowest BCUT2D eigenvalue weighted by atomic mass is 10.0. The topological polar surface area (TPSA) is 26.0 Å². The molecule has 1 aromatic heterocycles. The Morgan fingerprint density at radius 2 is 1.85 bits per heavy atom. The van der Waals surface area contributed by atoms with Crippen molar-refractivity contribution >= 4 is 22.7 Å². The van der Waals surface area contributed by atoms with Gasteiger partial charge in [0.05, 0.1) is 5.38 Å². The lowest BCUT2D eigenvalue weighted by molar-refractivity contribution is 0.524. The molecule has 20 heavy (non-hydrogen) atoms. The van der Waals surface area contributed by atoms with Crippen LogP contribution in [0.4, 0.5) is 0 Å². The monoisotopic (exact) mass is 285 g/mol. The fourth-order valence-corrected chi connectivity index (χ4v) is 2.78. The van der Waals surface area contributed by atoms with Crippen LogP contribution >= 0.6 is 11.6 Å². The summed E-state index contributed by atoms with van der Waals surface area (Å²) in [5.74, 6) is 0.692. The minimum atomic E-state index is -0.112. The van der Waals surface area contributed by atoms with Crippen molar-refractivity contribution in [2.45, 2.75) is 25.1 Å². The van der Waals surface area contributed by atoms with Gasteiger partial charge in [0.25, 0.3) is 0 Å². The van der Waals surface area contributed by atoms with Crippen LogP contribution in [0.3, 0.4) is 0 Å². The van der Waals surface area contributed by atoms with E-state index in [0.717, 1.165) is 17.5 Å². The van der Waals surface area contributed by atoms with Gasteiger partial charge in [0.2, 0.25) is 0 Å². The van der Waals surface area contributed by atoms with Gasteiger partial charge in [-0.1, -0.05) is 43.3 Å². The molecule has 0 N–H and O–H groups in total. The summed E-state index contributed by atoms with van der Waals surface area (Å²) in [6.45, 7) is 2.14. The van der Waals surface area contributed by atoms with Crippen molar-refractivity contribution in [3.05, 3.63) is 65.5 Å². The summed E-state index contributed by atoms with van der Waals surface area (Å²) in [7, 11) is 0. The normalized spacial score (nSPS) is 12.7. The molecular formula is C17H16ClNO. The fourth-order valence-electron chi connectivity index (χ4n) is 2.43. The highest BCUT2D eigenvalue weighted by atomic mass is 35.5. The molecule has 102 valence electrons. The van der Waals surface area contributed by atoms with Crippen LogP contribution in [0.25, 0.3) is 11.1 Å². The summed E-state index contributed by atoms with van der Waals surface area (Å²) in [5, 5.41) is -0.112. The first-order valence-corrected chi connectivity index (χ1v) is 7.28. The summed E-state index contributed by atoms with van der Waals surface area (Å²) < 4.78 is 5.74. The maximum atomic E-state index is 6.55. The van der Waals surface area contributed by atoms with Crippen LogP contribution in [-0.4, -0.2) is 4.98 Å². The van der Waals surface area contributed by atoms with Gasteiger partial charge in [0, 0.05) is 6.42 Å². The predicted octanol–water partition coefficient (Wildman–Crippen LogP) is 4.91. The van der Waals surface area contributed by atoms with E-state index >= 15 is 0 Å². The van der Waals surface area contributed by atoms with Gasteiger partial charge in [0.1, 0.15) is 5.52 Å². The number of hydrogen-bond donors (Lipinski definition) is 0. The first-order valence-electron chi connectivity index (χ1n) is 6.84. The summed E-state index contributed by atoms with van der Waals surface area (Å²) in [6, 6.07) is 16.1. The van der Waals surface area contributed by atoms with Crippen LogP contribution < -0.4 is 0 Å². The van der Waals surface area contributed by atoms with Crippen LogP contribution in [0.1, 0.15) is 29.3 Å². The van der Waals surface area contributed by atoms with Crippen LogP contribution in [0.5, 0.6) is 0 Å². The molecule has 0 fully saturated rings. The van der Waals surface area contributed by atoms with E-state index in [2.05, 4.69) is 24.0 Å². The van der Waals surface area contributed by atoms with Crippen molar-refractivity contribution in [3.8, 4) is 0 Å². The van der Waals surface area contributed by atoms with Crippen molar-refractivity contribution in [1.82, 2.24) is 4.98 Å². The lowest BCUT2D eigenvalue weighted by Gasteiger charge is -2.12. The summed E-state index contributed by atoms with van der Waals surface area (Å²) in [5.41, 5.74) is 4.15. The minimum absolute atomic E-state index is 0.112. The molecule has 0 aliphatic rings. The smallest absolute Gasteiger partial charge is 0.197 e. The second-order valence-corrected chi connectivity index (χ2v) is 5.33. The van der Waals surface area contributed by atoms with E-state index in [-0.39, 0.29) is 5.38 Å². The van der Waals surface area contributed by atoms with E-state index in [1.54, 1.807) is 0 Å². The Morgan fingerprint density at radius 3 is 2.65 bits per heavy atom. The zero-order valence-electron chi connectivity index (χ0n) is 11.3. The maximum absolute atomic E-state index is 6.55. The first-order chi connectivity index (χ1) is 9.78. The average Bonchev–Trinajstić information content (AvgIpc) is 2.89. The molecule has 3 heteroatoms. The van der Waals surface area contributed by atoms with E-state index in [4.69, 9.17) is 16.0 Å². The molecule has 3 rings (SSSR count). The van der Waals surface area contributed by atoms with Gasteiger partial charge in [-0.3, -0.25) is 0 Å². The third-order valence-electron chi connectivity index (χ3n) is 3.47. The van der Waals surface area contributed by atoms with Gasteiger partial charge in [-0.15, -0.1) is 11.6 Å². The quantitative estimate of drug-likeness (QED) is 0.636. The van der Waals surface area contributed by atoms with Crippen molar-refractivity contribution in [2.75, 3.05) is 0 Å². The molecule has 0 bridgehead atoms. The Labute approximate surface area is 123 Å². The van der Waals surface area contributed by atoms with E-state index in [1.807, 2.05) is 36.4 Å². The molecule has 1 heterocycles. The summed E-state index contributed by atoms with van der Waals surface area (Å²) in [4.78, 5) is 4.48. The van der Waals surface area contributed by atoms with Gasteiger partial charge in [-0.2, -0.15) is 0 Å². The van der Waals surface area contributed by atoms with E-state index in [0.29, 0.717) is 12.3 Å². The molecule has 3 aromatic rings. The number of oxazole rings is 1. The van der Waals surface area contributed by atoms with E-state index in [9.17, 15) is 0 Å². The number of rotatable bonds is 4. The zero-order valence-corrected chi connectivity index (χ0v) is 12.1. The summed E-state index contributed by atoms with van der Waals surface area (Å²) >= 11 is 6.55. The number of halogens is 1. The molecule has 0 spiro atoms. The van der Waals surface area contributed by atoms with E-state index in [1.165, 1.54) is 11.1 Å². The standard InChI is InChI=1S/C17H16ClNO/c1-2-12-7-3-4-8-13(12)14(18)11-17-19-15-9-5-6-10-16(15)20-17/h3-10,14H,2,11H2,1H3. The second kappa shape index (κ2) is 5.68.